The summed E-state index contributed by atoms with van der Waals surface area (Å²) < 4.78 is 1.87. The molecule has 2 aromatic heterocycles. The van der Waals surface area contributed by atoms with Gasteiger partial charge in [0.15, 0.2) is 5.96 Å². The lowest BCUT2D eigenvalue weighted by Crippen LogP contribution is -2.44. The highest BCUT2D eigenvalue weighted by Gasteiger charge is 2.25. The number of aliphatic imine (C=N–C) groups is 1. The number of nitrogens with one attached hydrogen (secondary N) is 2. The van der Waals surface area contributed by atoms with Gasteiger partial charge in [0.05, 0.1) is 0 Å². The largest absolute Gasteiger partial charge is 0.352 e. The fourth-order valence-electron chi connectivity index (χ4n) is 3.01. The molecule has 1 fully saturated rings. The van der Waals surface area contributed by atoms with Gasteiger partial charge >= 0.3 is 0 Å². The number of hydrogen-bond acceptors (Lipinski definition) is 4. The van der Waals surface area contributed by atoms with Gasteiger partial charge in [-0.25, -0.2) is 9.97 Å². The molecule has 0 spiro atoms. The van der Waals surface area contributed by atoms with E-state index in [1.807, 2.05) is 34.7 Å². The van der Waals surface area contributed by atoms with Crippen molar-refractivity contribution in [1.82, 2.24) is 30.1 Å². The Morgan fingerprint density at radius 2 is 2.31 bits per heavy atom. The third kappa shape index (κ3) is 4.38. The number of nitrogens with zero attached hydrogens (tertiary/aromatic N) is 5. The van der Waals surface area contributed by atoms with E-state index in [0.29, 0.717) is 13.0 Å². The van der Waals surface area contributed by atoms with Crippen molar-refractivity contribution in [3.8, 4) is 5.82 Å². The van der Waals surface area contributed by atoms with Gasteiger partial charge < -0.3 is 15.5 Å². The molecule has 1 aliphatic heterocycles. The first-order chi connectivity index (χ1) is 12.7. The van der Waals surface area contributed by atoms with Crippen LogP contribution in [0, 0.1) is 0 Å². The van der Waals surface area contributed by atoms with Crippen LogP contribution in [-0.2, 0) is 11.3 Å². The zero-order valence-electron chi connectivity index (χ0n) is 15.2. The molecule has 1 aliphatic rings. The summed E-state index contributed by atoms with van der Waals surface area (Å²) in [5.74, 6) is 1.78. The van der Waals surface area contributed by atoms with E-state index in [4.69, 9.17) is 0 Å². The molecule has 138 valence electrons. The van der Waals surface area contributed by atoms with Crippen molar-refractivity contribution in [1.29, 1.82) is 0 Å². The average Bonchev–Trinajstić information content (AvgIpc) is 3.36. The SMILES string of the molecule is CCC(=O)N1CCC(NC(=NC)NCc2ccnc(-n3ccnc3)c2)C1. The van der Waals surface area contributed by atoms with Gasteiger partial charge in [-0.1, -0.05) is 6.92 Å². The molecule has 1 atom stereocenters. The molecule has 3 rings (SSSR count). The summed E-state index contributed by atoms with van der Waals surface area (Å²) in [5.41, 5.74) is 1.10. The summed E-state index contributed by atoms with van der Waals surface area (Å²) in [5, 5.41) is 6.73. The van der Waals surface area contributed by atoms with Crippen molar-refractivity contribution in [2.75, 3.05) is 20.1 Å². The van der Waals surface area contributed by atoms with Gasteiger partial charge in [0.25, 0.3) is 0 Å². The maximum absolute atomic E-state index is 11.8. The lowest BCUT2D eigenvalue weighted by atomic mass is 10.2. The molecule has 2 N–H and O–H groups in total. The standard InChI is InChI=1S/C18H25N7O/c1-3-17(26)24-8-5-15(12-24)23-18(19-2)22-11-14-4-6-21-16(10-14)25-9-7-20-13-25/h4,6-7,9-10,13,15H,3,5,8,11-12H2,1-2H3,(H2,19,22,23). The first-order valence-corrected chi connectivity index (χ1v) is 8.87. The number of pyridine rings is 1. The van der Waals surface area contributed by atoms with Gasteiger partial charge in [-0.2, -0.15) is 0 Å². The Balaban J connectivity index is 1.54. The molecule has 0 radical (unpaired) electrons. The molecular formula is C18H25N7O. The van der Waals surface area contributed by atoms with E-state index in [2.05, 4.69) is 25.6 Å². The molecule has 3 heterocycles. The van der Waals surface area contributed by atoms with Crippen molar-refractivity contribution >= 4 is 11.9 Å². The lowest BCUT2D eigenvalue weighted by Gasteiger charge is -2.19. The van der Waals surface area contributed by atoms with E-state index >= 15 is 0 Å². The number of amides is 1. The van der Waals surface area contributed by atoms with E-state index in [1.165, 1.54) is 0 Å². The second-order valence-electron chi connectivity index (χ2n) is 6.24. The number of carbonyl (C=O) groups is 1. The van der Waals surface area contributed by atoms with E-state index < -0.39 is 0 Å². The summed E-state index contributed by atoms with van der Waals surface area (Å²) >= 11 is 0. The molecule has 1 saturated heterocycles. The van der Waals surface area contributed by atoms with Crippen LogP contribution < -0.4 is 10.6 Å². The molecule has 26 heavy (non-hydrogen) atoms. The average molecular weight is 355 g/mol. The highest BCUT2D eigenvalue weighted by atomic mass is 16.2. The zero-order chi connectivity index (χ0) is 18.4. The quantitative estimate of drug-likeness (QED) is 0.616. The van der Waals surface area contributed by atoms with Gasteiger partial charge in [0, 0.05) is 57.7 Å². The first-order valence-electron chi connectivity index (χ1n) is 8.87. The Morgan fingerprint density at radius 1 is 1.42 bits per heavy atom. The number of likely N-dealkylation sites (tertiary alicyclic amines) is 1. The second-order valence-corrected chi connectivity index (χ2v) is 6.24. The Kier molecular flexibility index (Phi) is 5.83. The molecule has 0 aromatic carbocycles. The van der Waals surface area contributed by atoms with Gasteiger partial charge in [0.2, 0.25) is 5.91 Å². The maximum atomic E-state index is 11.8. The van der Waals surface area contributed by atoms with Crippen molar-refractivity contribution in [2.24, 2.45) is 4.99 Å². The minimum atomic E-state index is 0.209. The van der Waals surface area contributed by atoms with Crippen molar-refractivity contribution in [3.63, 3.8) is 0 Å². The topological polar surface area (TPSA) is 87.4 Å². The Morgan fingerprint density at radius 3 is 3.04 bits per heavy atom. The van der Waals surface area contributed by atoms with E-state index in [0.717, 1.165) is 36.9 Å². The van der Waals surface area contributed by atoms with Gasteiger partial charge in [-0.3, -0.25) is 14.4 Å². The molecule has 0 aliphatic carbocycles. The van der Waals surface area contributed by atoms with Gasteiger partial charge in [0.1, 0.15) is 12.1 Å². The van der Waals surface area contributed by atoms with Crippen LogP contribution in [0.1, 0.15) is 25.3 Å². The van der Waals surface area contributed by atoms with Crippen LogP contribution in [0.4, 0.5) is 0 Å². The van der Waals surface area contributed by atoms with Crippen molar-refractivity contribution < 1.29 is 4.79 Å². The maximum Gasteiger partial charge on any atom is 0.222 e. The van der Waals surface area contributed by atoms with Crippen LogP contribution in [0.3, 0.4) is 0 Å². The van der Waals surface area contributed by atoms with E-state index in [1.54, 1.807) is 25.8 Å². The molecule has 2 aromatic rings. The third-order valence-corrected chi connectivity index (χ3v) is 4.45. The number of hydrogen-bond donors (Lipinski definition) is 2. The number of rotatable bonds is 5. The minimum absolute atomic E-state index is 0.209. The molecule has 1 amide bonds. The highest BCUT2D eigenvalue weighted by Crippen LogP contribution is 2.10. The van der Waals surface area contributed by atoms with E-state index in [-0.39, 0.29) is 11.9 Å². The summed E-state index contributed by atoms with van der Waals surface area (Å²) in [6, 6.07) is 4.22. The van der Waals surface area contributed by atoms with Crippen LogP contribution in [0.5, 0.6) is 0 Å². The molecule has 0 bridgehead atoms. The fraction of sp³-hybridized carbons (Fsp3) is 0.444. The van der Waals surface area contributed by atoms with Crippen molar-refractivity contribution in [2.45, 2.75) is 32.4 Å². The van der Waals surface area contributed by atoms with Crippen LogP contribution >= 0.6 is 0 Å². The fourth-order valence-corrected chi connectivity index (χ4v) is 3.01. The number of imidazole rings is 1. The van der Waals surface area contributed by atoms with Crippen LogP contribution in [-0.4, -0.2) is 57.5 Å². The predicted molar refractivity (Wildman–Crippen MR) is 100.0 cm³/mol. The zero-order valence-corrected chi connectivity index (χ0v) is 15.2. The van der Waals surface area contributed by atoms with Crippen LogP contribution in [0.15, 0.2) is 42.0 Å². The van der Waals surface area contributed by atoms with E-state index in [9.17, 15) is 4.79 Å². The molecule has 0 saturated carbocycles. The van der Waals surface area contributed by atoms with Crippen molar-refractivity contribution in [3.05, 3.63) is 42.6 Å². The number of carbonyl (C=O) groups excluding carboxylic acids is 1. The smallest absolute Gasteiger partial charge is 0.222 e. The van der Waals surface area contributed by atoms with Crippen LogP contribution in [0.25, 0.3) is 5.82 Å². The Labute approximate surface area is 153 Å². The Bertz CT molecular complexity index is 757. The summed E-state index contributed by atoms with van der Waals surface area (Å²) in [7, 11) is 1.75. The minimum Gasteiger partial charge on any atom is -0.352 e. The summed E-state index contributed by atoms with van der Waals surface area (Å²) in [6.07, 6.45) is 8.60. The third-order valence-electron chi connectivity index (χ3n) is 4.45. The second kappa shape index (κ2) is 8.46. The molecule has 1 unspecified atom stereocenters. The first kappa shape index (κ1) is 17.9. The summed E-state index contributed by atoms with van der Waals surface area (Å²) in [4.78, 5) is 26.4. The number of guanidine groups is 1. The molecular weight excluding hydrogens is 330 g/mol. The highest BCUT2D eigenvalue weighted by molar-refractivity contribution is 5.80. The van der Waals surface area contributed by atoms with Gasteiger partial charge in [-0.05, 0) is 24.1 Å². The van der Waals surface area contributed by atoms with Crippen LogP contribution in [0.2, 0.25) is 0 Å². The summed E-state index contributed by atoms with van der Waals surface area (Å²) in [6.45, 7) is 4.07. The molecule has 8 heteroatoms. The Hall–Kier alpha value is -2.90. The predicted octanol–water partition coefficient (Wildman–Crippen LogP) is 0.943. The van der Waals surface area contributed by atoms with Gasteiger partial charge in [-0.15, -0.1) is 0 Å². The molecule has 8 nitrogen and oxygen atoms in total. The lowest BCUT2D eigenvalue weighted by molar-refractivity contribution is -0.129. The normalized spacial score (nSPS) is 17.4. The number of aromatic nitrogens is 3. The monoisotopic (exact) mass is 355 g/mol.